The normalized spacial score (nSPS) is 15.8. The highest BCUT2D eigenvalue weighted by atomic mass is 35.5. The number of thiazole rings is 1. The van der Waals surface area contributed by atoms with Gasteiger partial charge in [-0.25, -0.2) is 9.37 Å². The molecule has 4 aromatic rings. The van der Waals surface area contributed by atoms with Crippen LogP contribution in [0.3, 0.4) is 0 Å². The summed E-state index contributed by atoms with van der Waals surface area (Å²) in [6.07, 6.45) is -0.0837. The van der Waals surface area contributed by atoms with E-state index in [0.717, 1.165) is 11.3 Å². The lowest BCUT2D eigenvalue weighted by molar-refractivity contribution is -0.117. The van der Waals surface area contributed by atoms with Gasteiger partial charge in [0.25, 0.3) is 5.91 Å². The number of aromatic nitrogens is 1. The van der Waals surface area contributed by atoms with Crippen LogP contribution in [-0.4, -0.2) is 28.9 Å². The standard InChI is InChI=1S/C26H18ClFN2O4S/c1-34-20-5-3-2-4-15(20)12-19(31)22-23(14-6-8-16(27)9-7-14)30(25(33)24(22)32)26-29-18-11-10-17(28)13-21(18)35-26/h2-11,13,23,32H,12H2,1H3. The van der Waals surface area contributed by atoms with Gasteiger partial charge in [-0.05, 0) is 42.0 Å². The van der Waals surface area contributed by atoms with E-state index in [0.29, 0.717) is 32.1 Å². The summed E-state index contributed by atoms with van der Waals surface area (Å²) in [6.45, 7) is 0. The van der Waals surface area contributed by atoms with Crippen LogP contribution in [0.25, 0.3) is 10.2 Å². The number of para-hydroxylation sites is 1. The van der Waals surface area contributed by atoms with E-state index in [4.69, 9.17) is 16.3 Å². The second-order valence-electron chi connectivity index (χ2n) is 7.91. The van der Waals surface area contributed by atoms with E-state index in [1.165, 1.54) is 30.2 Å². The fraction of sp³-hybridized carbons (Fsp3) is 0.115. The molecule has 1 amide bonds. The van der Waals surface area contributed by atoms with Crippen LogP contribution in [0.15, 0.2) is 78.1 Å². The molecule has 1 atom stereocenters. The van der Waals surface area contributed by atoms with Crippen LogP contribution < -0.4 is 9.64 Å². The van der Waals surface area contributed by atoms with Crippen molar-refractivity contribution in [1.29, 1.82) is 0 Å². The number of benzene rings is 3. The lowest BCUT2D eigenvalue weighted by atomic mass is 9.93. The van der Waals surface area contributed by atoms with E-state index < -0.39 is 29.3 Å². The highest BCUT2D eigenvalue weighted by molar-refractivity contribution is 7.22. The van der Waals surface area contributed by atoms with Crippen molar-refractivity contribution in [3.8, 4) is 5.75 Å². The average Bonchev–Trinajstić information content (AvgIpc) is 3.37. The molecule has 1 aliphatic heterocycles. The number of carbonyl (C=O) groups is 2. The molecule has 2 heterocycles. The molecule has 0 fully saturated rings. The van der Waals surface area contributed by atoms with Crippen LogP contribution in [0.2, 0.25) is 5.02 Å². The van der Waals surface area contributed by atoms with Crippen molar-refractivity contribution in [3.63, 3.8) is 0 Å². The Morgan fingerprint density at radius 3 is 2.66 bits per heavy atom. The van der Waals surface area contributed by atoms with Gasteiger partial charge in [-0.15, -0.1) is 0 Å². The first-order chi connectivity index (χ1) is 16.9. The number of anilines is 1. The smallest absolute Gasteiger partial charge is 0.296 e. The number of aliphatic hydroxyl groups is 1. The molecule has 3 aromatic carbocycles. The number of methoxy groups -OCH3 is 1. The molecule has 9 heteroatoms. The van der Waals surface area contributed by atoms with Crippen molar-refractivity contribution in [2.24, 2.45) is 0 Å². The van der Waals surface area contributed by atoms with E-state index in [1.807, 2.05) is 0 Å². The Labute approximate surface area is 208 Å². The second kappa shape index (κ2) is 9.13. The molecule has 0 spiro atoms. The van der Waals surface area contributed by atoms with E-state index in [-0.39, 0.29) is 17.1 Å². The summed E-state index contributed by atoms with van der Waals surface area (Å²) in [5.74, 6) is -1.74. The number of amides is 1. The average molecular weight is 509 g/mol. The fourth-order valence-corrected chi connectivity index (χ4v) is 5.30. The quantitative estimate of drug-likeness (QED) is 0.355. The Hall–Kier alpha value is -3.75. The zero-order chi connectivity index (χ0) is 24.7. The summed E-state index contributed by atoms with van der Waals surface area (Å²) >= 11 is 7.17. The Morgan fingerprint density at radius 1 is 1.17 bits per heavy atom. The third kappa shape index (κ3) is 4.15. The molecular formula is C26H18ClFN2O4S. The van der Waals surface area contributed by atoms with Gasteiger partial charge in [0.05, 0.1) is 28.9 Å². The monoisotopic (exact) mass is 508 g/mol. The number of carbonyl (C=O) groups excluding carboxylic acids is 2. The first kappa shape index (κ1) is 23.0. The maximum absolute atomic E-state index is 13.8. The molecule has 1 N–H and O–H groups in total. The van der Waals surface area contributed by atoms with E-state index in [1.54, 1.807) is 48.5 Å². The molecular weight excluding hydrogens is 491 g/mol. The number of fused-ring (bicyclic) bond motifs is 1. The van der Waals surface area contributed by atoms with Crippen molar-refractivity contribution in [2.75, 3.05) is 12.0 Å². The number of hydrogen-bond acceptors (Lipinski definition) is 6. The highest BCUT2D eigenvalue weighted by Gasteiger charge is 2.45. The number of hydrogen-bond donors (Lipinski definition) is 1. The number of nitrogens with zero attached hydrogens (tertiary/aromatic N) is 2. The Kier molecular flexibility index (Phi) is 6.00. The van der Waals surface area contributed by atoms with Gasteiger partial charge in [0, 0.05) is 17.0 Å². The van der Waals surface area contributed by atoms with Crippen molar-refractivity contribution in [1.82, 2.24) is 4.98 Å². The lowest BCUT2D eigenvalue weighted by Gasteiger charge is -2.24. The van der Waals surface area contributed by atoms with Gasteiger partial charge in [-0.2, -0.15) is 0 Å². The molecule has 1 aliphatic rings. The van der Waals surface area contributed by atoms with Crippen molar-refractivity contribution < 1.29 is 23.8 Å². The van der Waals surface area contributed by atoms with Crippen LogP contribution in [0, 0.1) is 5.82 Å². The van der Waals surface area contributed by atoms with E-state index in [2.05, 4.69) is 4.98 Å². The van der Waals surface area contributed by atoms with Crippen molar-refractivity contribution in [3.05, 3.63) is 100 Å². The number of aliphatic hydroxyl groups excluding tert-OH is 1. The summed E-state index contributed by atoms with van der Waals surface area (Å²) in [5.41, 5.74) is 1.65. The number of rotatable bonds is 6. The maximum Gasteiger partial charge on any atom is 0.296 e. The van der Waals surface area contributed by atoms with Crippen molar-refractivity contribution in [2.45, 2.75) is 12.5 Å². The first-order valence-corrected chi connectivity index (χ1v) is 11.8. The highest BCUT2D eigenvalue weighted by Crippen LogP contribution is 2.44. The molecule has 6 nitrogen and oxygen atoms in total. The molecule has 0 radical (unpaired) electrons. The molecule has 0 saturated carbocycles. The van der Waals surface area contributed by atoms with Crippen LogP contribution in [-0.2, 0) is 16.0 Å². The molecule has 1 aromatic heterocycles. The molecule has 0 aliphatic carbocycles. The third-order valence-electron chi connectivity index (χ3n) is 5.78. The predicted octanol–water partition coefficient (Wildman–Crippen LogP) is 5.81. The largest absolute Gasteiger partial charge is 0.503 e. The van der Waals surface area contributed by atoms with Crippen LogP contribution in [0.4, 0.5) is 9.52 Å². The number of ketones is 1. The fourth-order valence-electron chi connectivity index (χ4n) is 4.15. The zero-order valence-electron chi connectivity index (χ0n) is 18.4. The first-order valence-electron chi connectivity index (χ1n) is 10.6. The lowest BCUT2D eigenvalue weighted by Crippen LogP contribution is -2.31. The number of halogens is 2. The molecule has 176 valence electrons. The summed E-state index contributed by atoms with van der Waals surface area (Å²) in [5, 5.41) is 11.6. The van der Waals surface area contributed by atoms with E-state index >= 15 is 0 Å². The van der Waals surface area contributed by atoms with Crippen LogP contribution in [0.5, 0.6) is 5.75 Å². The minimum atomic E-state index is -0.938. The minimum absolute atomic E-state index is 0.0475. The SMILES string of the molecule is COc1ccccc1CC(=O)C1=C(O)C(=O)N(c2nc3ccc(F)cc3s2)C1c1ccc(Cl)cc1. The molecule has 0 saturated heterocycles. The summed E-state index contributed by atoms with van der Waals surface area (Å²) in [7, 11) is 1.51. The Balaban J connectivity index is 1.61. The Morgan fingerprint density at radius 2 is 1.91 bits per heavy atom. The molecule has 35 heavy (non-hydrogen) atoms. The molecule has 0 bridgehead atoms. The maximum atomic E-state index is 13.8. The molecule has 1 unspecified atom stereocenters. The van der Waals surface area contributed by atoms with Gasteiger partial charge in [0.15, 0.2) is 16.7 Å². The van der Waals surface area contributed by atoms with Gasteiger partial charge in [0.1, 0.15) is 11.6 Å². The van der Waals surface area contributed by atoms with Crippen LogP contribution >= 0.6 is 22.9 Å². The van der Waals surface area contributed by atoms with Gasteiger partial charge in [-0.1, -0.05) is 53.3 Å². The predicted molar refractivity (Wildman–Crippen MR) is 133 cm³/mol. The zero-order valence-corrected chi connectivity index (χ0v) is 19.9. The summed E-state index contributed by atoms with van der Waals surface area (Å²) in [6, 6.07) is 16.9. The topological polar surface area (TPSA) is 79.7 Å². The minimum Gasteiger partial charge on any atom is -0.503 e. The third-order valence-corrected chi connectivity index (χ3v) is 7.05. The number of Topliss-reactive ketones (excluding diaryl/α,β-unsaturated/α-hetero) is 1. The number of ether oxygens (including phenoxy) is 1. The van der Waals surface area contributed by atoms with Crippen molar-refractivity contribution >= 4 is 50.0 Å². The van der Waals surface area contributed by atoms with Gasteiger partial charge in [0.2, 0.25) is 0 Å². The molecule has 5 rings (SSSR count). The summed E-state index contributed by atoms with van der Waals surface area (Å²) in [4.78, 5) is 32.6. The van der Waals surface area contributed by atoms with Gasteiger partial charge in [-0.3, -0.25) is 14.5 Å². The summed E-state index contributed by atoms with van der Waals surface area (Å²) < 4.78 is 19.7. The van der Waals surface area contributed by atoms with E-state index in [9.17, 15) is 19.1 Å². The van der Waals surface area contributed by atoms with Gasteiger partial charge < -0.3 is 9.84 Å². The second-order valence-corrected chi connectivity index (χ2v) is 9.36. The Bertz CT molecular complexity index is 1500. The van der Waals surface area contributed by atoms with Crippen LogP contribution in [0.1, 0.15) is 17.2 Å². The van der Waals surface area contributed by atoms with Gasteiger partial charge >= 0.3 is 0 Å².